The largest absolute Gasteiger partial charge is 0.392 e. The Morgan fingerprint density at radius 1 is 0.941 bits per heavy atom. The summed E-state index contributed by atoms with van der Waals surface area (Å²) < 4.78 is 0. The molecule has 0 spiro atoms. The summed E-state index contributed by atoms with van der Waals surface area (Å²) in [4.78, 5) is 2.34. The number of rotatable bonds is 2. The van der Waals surface area contributed by atoms with Crippen LogP contribution >= 0.6 is 0 Å². The molecule has 0 saturated carbocycles. The van der Waals surface area contributed by atoms with Crippen LogP contribution in [-0.4, -0.2) is 5.11 Å². The predicted molar refractivity (Wildman–Crippen MR) is 68.7 cm³/mol. The van der Waals surface area contributed by atoms with E-state index < -0.39 is 0 Å². The quantitative estimate of drug-likeness (QED) is 0.849. The van der Waals surface area contributed by atoms with Gasteiger partial charge in [-0.3, -0.25) is 0 Å². The van der Waals surface area contributed by atoms with Crippen LogP contribution < -0.4 is 4.90 Å². The fourth-order valence-electron chi connectivity index (χ4n) is 2.37. The summed E-state index contributed by atoms with van der Waals surface area (Å²) >= 11 is 0. The molecule has 0 aliphatic carbocycles. The van der Waals surface area contributed by atoms with E-state index in [1.54, 1.807) is 0 Å². The predicted octanol–water partition coefficient (Wildman–Crippen LogP) is 2.70. The molecular weight excluding hydrogens is 210 g/mol. The first-order chi connectivity index (χ1) is 8.36. The van der Waals surface area contributed by atoms with E-state index in [-0.39, 0.29) is 6.61 Å². The van der Waals surface area contributed by atoms with Crippen LogP contribution in [0.25, 0.3) is 0 Å². The molecule has 0 radical (unpaired) electrons. The third-order valence-corrected chi connectivity index (χ3v) is 3.30. The average molecular weight is 225 g/mol. The molecule has 2 nitrogen and oxygen atoms in total. The zero-order valence-electron chi connectivity index (χ0n) is 9.63. The maximum Gasteiger partial charge on any atom is 0.0682 e. The minimum absolute atomic E-state index is 0.106. The molecule has 17 heavy (non-hydrogen) atoms. The number of hydrogen-bond donors (Lipinski definition) is 1. The number of hydrogen-bond acceptors (Lipinski definition) is 2. The molecule has 1 N–H and O–H groups in total. The monoisotopic (exact) mass is 225 g/mol. The fraction of sp³-hybridized carbons (Fsp3) is 0.200. The third kappa shape index (κ3) is 1.92. The summed E-state index contributed by atoms with van der Waals surface area (Å²) in [5.74, 6) is 0. The normalized spacial score (nSPS) is 13.8. The lowest BCUT2D eigenvalue weighted by Gasteiger charge is -2.18. The number of benzene rings is 2. The van der Waals surface area contributed by atoms with Crippen molar-refractivity contribution in [2.75, 3.05) is 4.90 Å². The van der Waals surface area contributed by atoms with Crippen molar-refractivity contribution in [2.24, 2.45) is 0 Å². The molecule has 0 saturated heterocycles. The number of fused-ring (bicyclic) bond motifs is 1. The fourth-order valence-corrected chi connectivity index (χ4v) is 2.37. The second kappa shape index (κ2) is 4.22. The van der Waals surface area contributed by atoms with E-state index in [0.717, 1.165) is 18.7 Å². The van der Waals surface area contributed by atoms with Gasteiger partial charge in [0.1, 0.15) is 0 Å². The van der Waals surface area contributed by atoms with E-state index >= 15 is 0 Å². The standard InChI is InChI=1S/C15H15NO/c17-11-12-4-3-7-15(8-12)16-9-13-5-1-2-6-14(13)10-16/h1-8,17H,9-11H2. The molecule has 2 heteroatoms. The highest BCUT2D eigenvalue weighted by Crippen LogP contribution is 2.28. The van der Waals surface area contributed by atoms with Crippen LogP contribution in [0.3, 0.4) is 0 Å². The molecule has 86 valence electrons. The van der Waals surface area contributed by atoms with Crippen molar-refractivity contribution >= 4 is 5.69 Å². The number of anilines is 1. The van der Waals surface area contributed by atoms with Crippen molar-refractivity contribution in [1.29, 1.82) is 0 Å². The topological polar surface area (TPSA) is 23.5 Å². The molecule has 0 bridgehead atoms. The summed E-state index contributed by atoms with van der Waals surface area (Å²) in [7, 11) is 0. The van der Waals surface area contributed by atoms with Gasteiger partial charge in [-0.2, -0.15) is 0 Å². The summed E-state index contributed by atoms with van der Waals surface area (Å²) in [5, 5.41) is 9.16. The molecule has 1 aliphatic heterocycles. The summed E-state index contributed by atoms with van der Waals surface area (Å²) in [6.07, 6.45) is 0. The Hall–Kier alpha value is -1.80. The van der Waals surface area contributed by atoms with E-state index in [2.05, 4.69) is 41.3 Å². The summed E-state index contributed by atoms with van der Waals surface area (Å²) in [5.41, 5.74) is 4.97. The van der Waals surface area contributed by atoms with Crippen LogP contribution in [0.1, 0.15) is 16.7 Å². The molecule has 0 amide bonds. The summed E-state index contributed by atoms with van der Waals surface area (Å²) in [6.45, 7) is 2.03. The zero-order chi connectivity index (χ0) is 11.7. The van der Waals surface area contributed by atoms with Crippen molar-refractivity contribution in [2.45, 2.75) is 19.7 Å². The minimum Gasteiger partial charge on any atom is -0.392 e. The Kier molecular flexibility index (Phi) is 2.57. The highest BCUT2D eigenvalue weighted by molar-refractivity contribution is 5.53. The van der Waals surface area contributed by atoms with E-state index in [9.17, 15) is 0 Å². The van der Waals surface area contributed by atoms with E-state index in [0.29, 0.717) is 0 Å². The van der Waals surface area contributed by atoms with Gasteiger partial charge in [-0.05, 0) is 28.8 Å². The molecule has 1 heterocycles. The van der Waals surface area contributed by atoms with Gasteiger partial charge in [0.2, 0.25) is 0 Å². The van der Waals surface area contributed by atoms with Gasteiger partial charge in [-0.25, -0.2) is 0 Å². The Labute approximate surface area is 101 Å². The first-order valence-corrected chi connectivity index (χ1v) is 5.88. The molecular formula is C15H15NO. The first kappa shape index (κ1) is 10.4. The minimum atomic E-state index is 0.106. The maximum absolute atomic E-state index is 9.16. The van der Waals surface area contributed by atoms with Gasteiger partial charge in [0.05, 0.1) is 6.61 Å². The van der Waals surface area contributed by atoms with E-state index in [1.807, 2.05) is 12.1 Å². The van der Waals surface area contributed by atoms with Crippen LogP contribution in [0.15, 0.2) is 48.5 Å². The van der Waals surface area contributed by atoms with Crippen molar-refractivity contribution in [1.82, 2.24) is 0 Å². The smallest absolute Gasteiger partial charge is 0.0682 e. The second-order valence-electron chi connectivity index (χ2n) is 4.45. The molecule has 0 unspecified atom stereocenters. The Bertz CT molecular complexity index is 511. The lowest BCUT2D eigenvalue weighted by Crippen LogP contribution is -2.14. The average Bonchev–Trinajstić information content (AvgIpc) is 2.82. The molecule has 0 aromatic heterocycles. The van der Waals surface area contributed by atoms with Crippen LogP contribution in [0, 0.1) is 0 Å². The number of aliphatic hydroxyl groups is 1. The molecule has 0 atom stereocenters. The molecule has 1 aliphatic rings. The van der Waals surface area contributed by atoms with Crippen molar-refractivity contribution < 1.29 is 5.11 Å². The Morgan fingerprint density at radius 3 is 2.29 bits per heavy atom. The lowest BCUT2D eigenvalue weighted by atomic mass is 10.1. The van der Waals surface area contributed by atoms with Crippen molar-refractivity contribution in [3.8, 4) is 0 Å². The molecule has 3 rings (SSSR count). The van der Waals surface area contributed by atoms with Gasteiger partial charge < -0.3 is 10.0 Å². The van der Waals surface area contributed by atoms with Crippen LogP contribution in [0.4, 0.5) is 5.69 Å². The second-order valence-corrected chi connectivity index (χ2v) is 4.45. The van der Waals surface area contributed by atoms with E-state index in [4.69, 9.17) is 5.11 Å². The van der Waals surface area contributed by atoms with Crippen LogP contribution in [0.5, 0.6) is 0 Å². The van der Waals surface area contributed by atoms with Crippen LogP contribution in [-0.2, 0) is 19.7 Å². The number of aliphatic hydroxyl groups excluding tert-OH is 1. The molecule has 2 aromatic rings. The van der Waals surface area contributed by atoms with Crippen molar-refractivity contribution in [3.63, 3.8) is 0 Å². The van der Waals surface area contributed by atoms with Gasteiger partial charge in [0, 0.05) is 18.8 Å². The highest BCUT2D eigenvalue weighted by Gasteiger charge is 2.18. The maximum atomic E-state index is 9.16. The number of nitrogens with zero attached hydrogens (tertiary/aromatic N) is 1. The van der Waals surface area contributed by atoms with Crippen molar-refractivity contribution in [3.05, 3.63) is 65.2 Å². The van der Waals surface area contributed by atoms with Gasteiger partial charge in [0.25, 0.3) is 0 Å². The third-order valence-electron chi connectivity index (χ3n) is 3.30. The molecule has 2 aromatic carbocycles. The SMILES string of the molecule is OCc1cccc(N2Cc3ccccc3C2)c1. The van der Waals surface area contributed by atoms with Gasteiger partial charge >= 0.3 is 0 Å². The van der Waals surface area contributed by atoms with Crippen LogP contribution in [0.2, 0.25) is 0 Å². The molecule has 0 fully saturated rings. The summed E-state index contributed by atoms with van der Waals surface area (Å²) in [6, 6.07) is 16.7. The zero-order valence-corrected chi connectivity index (χ0v) is 9.63. The Morgan fingerprint density at radius 2 is 1.65 bits per heavy atom. The Balaban J connectivity index is 1.88. The van der Waals surface area contributed by atoms with Gasteiger partial charge in [-0.15, -0.1) is 0 Å². The van der Waals surface area contributed by atoms with Gasteiger partial charge in [-0.1, -0.05) is 36.4 Å². The first-order valence-electron chi connectivity index (χ1n) is 5.88. The lowest BCUT2D eigenvalue weighted by molar-refractivity contribution is 0.282. The highest BCUT2D eigenvalue weighted by atomic mass is 16.3. The van der Waals surface area contributed by atoms with Gasteiger partial charge in [0.15, 0.2) is 0 Å². The van der Waals surface area contributed by atoms with E-state index in [1.165, 1.54) is 16.8 Å².